The zero-order valence-electron chi connectivity index (χ0n) is 12.8. The minimum Gasteiger partial charge on any atom is -0.396 e. The number of aliphatic hydroxyl groups excluding tert-OH is 1. The summed E-state index contributed by atoms with van der Waals surface area (Å²) in [6, 6.07) is 7.89. The van der Waals surface area contributed by atoms with Gasteiger partial charge in [0.15, 0.2) is 0 Å². The molecule has 0 aliphatic heterocycles. The fourth-order valence-electron chi connectivity index (χ4n) is 2.62. The van der Waals surface area contributed by atoms with E-state index in [9.17, 15) is 5.11 Å². The topological polar surface area (TPSA) is 20.2 Å². The molecule has 114 valence electrons. The Kier molecular flexibility index (Phi) is 9.78. The number of aliphatic hydroxyl groups is 1. The molecule has 1 nitrogen and oxygen atoms in total. The number of hydrogen-bond acceptors (Lipinski definition) is 1. The quantitative estimate of drug-likeness (QED) is 0.500. The average molecular weight is 297 g/mol. The van der Waals surface area contributed by atoms with Gasteiger partial charge < -0.3 is 5.11 Å². The molecule has 0 aromatic heterocycles. The third-order valence-electron chi connectivity index (χ3n) is 3.97. The van der Waals surface area contributed by atoms with Crippen LogP contribution in [0.4, 0.5) is 0 Å². The zero-order chi connectivity index (χ0) is 14.6. The van der Waals surface area contributed by atoms with Crippen LogP contribution >= 0.6 is 11.6 Å². The second kappa shape index (κ2) is 11.2. The van der Waals surface area contributed by atoms with E-state index in [1.54, 1.807) is 0 Å². The highest BCUT2D eigenvalue weighted by molar-refractivity contribution is 6.30. The predicted octanol–water partition coefficient (Wildman–Crippen LogP) is 5.95. The van der Waals surface area contributed by atoms with Crippen molar-refractivity contribution in [2.24, 2.45) is 0 Å². The summed E-state index contributed by atoms with van der Waals surface area (Å²) in [5, 5.41) is 10.3. The van der Waals surface area contributed by atoms with Crippen molar-refractivity contribution in [3.05, 3.63) is 34.9 Å². The molecule has 0 fully saturated rings. The molecule has 1 rings (SSSR count). The van der Waals surface area contributed by atoms with E-state index in [-0.39, 0.29) is 12.5 Å². The minimum atomic E-state index is 0.234. The van der Waals surface area contributed by atoms with Crippen molar-refractivity contribution in [1.82, 2.24) is 0 Å². The minimum absolute atomic E-state index is 0.234. The van der Waals surface area contributed by atoms with Crippen LogP contribution in [0, 0.1) is 0 Å². The normalized spacial score (nSPS) is 12.6. The van der Waals surface area contributed by atoms with Gasteiger partial charge in [-0.05, 0) is 24.1 Å². The Morgan fingerprint density at radius 2 is 1.45 bits per heavy atom. The van der Waals surface area contributed by atoms with Gasteiger partial charge in [-0.1, -0.05) is 82.0 Å². The molecular weight excluding hydrogens is 268 g/mol. The van der Waals surface area contributed by atoms with E-state index < -0.39 is 0 Å². The highest BCUT2D eigenvalue weighted by Gasteiger charge is 2.09. The molecule has 1 aromatic rings. The molecule has 0 aliphatic rings. The number of benzene rings is 1. The summed E-state index contributed by atoms with van der Waals surface area (Å²) >= 11 is 5.89. The Hall–Kier alpha value is -0.530. The molecule has 1 atom stereocenters. The molecule has 0 spiro atoms. The Labute approximate surface area is 129 Å². The van der Waals surface area contributed by atoms with E-state index in [1.165, 1.54) is 56.9 Å². The van der Waals surface area contributed by atoms with Gasteiger partial charge in [0.2, 0.25) is 0 Å². The first-order chi connectivity index (χ1) is 9.77. The molecule has 2 heteroatoms. The zero-order valence-corrected chi connectivity index (χ0v) is 13.5. The smallest absolute Gasteiger partial charge is 0.0499 e. The maximum atomic E-state index is 9.52. The molecule has 0 aliphatic carbocycles. The van der Waals surface area contributed by atoms with E-state index in [0.717, 1.165) is 11.4 Å². The maximum Gasteiger partial charge on any atom is 0.0499 e. The van der Waals surface area contributed by atoms with E-state index in [2.05, 4.69) is 6.92 Å². The van der Waals surface area contributed by atoms with Crippen LogP contribution in [-0.2, 0) is 0 Å². The lowest BCUT2D eigenvalue weighted by atomic mass is 9.93. The largest absolute Gasteiger partial charge is 0.396 e. The number of unbranched alkanes of at least 4 members (excludes halogenated alkanes) is 7. The maximum absolute atomic E-state index is 9.52. The third kappa shape index (κ3) is 7.31. The van der Waals surface area contributed by atoms with Crippen LogP contribution in [-0.4, -0.2) is 11.7 Å². The summed E-state index contributed by atoms with van der Waals surface area (Å²) in [4.78, 5) is 0. The summed E-state index contributed by atoms with van der Waals surface area (Å²) in [6.45, 7) is 2.49. The Morgan fingerprint density at radius 1 is 0.900 bits per heavy atom. The van der Waals surface area contributed by atoms with Gasteiger partial charge in [0, 0.05) is 17.5 Å². The summed E-state index contributed by atoms with van der Waals surface area (Å²) in [6.07, 6.45) is 11.7. The van der Waals surface area contributed by atoms with Crippen LogP contribution in [0.15, 0.2) is 24.3 Å². The molecule has 1 aromatic carbocycles. The first kappa shape index (κ1) is 17.5. The van der Waals surface area contributed by atoms with Crippen LogP contribution in [0.25, 0.3) is 0 Å². The molecule has 1 unspecified atom stereocenters. The second-order valence-corrected chi connectivity index (χ2v) is 6.13. The lowest BCUT2D eigenvalue weighted by Crippen LogP contribution is -2.04. The van der Waals surface area contributed by atoms with Gasteiger partial charge in [-0.15, -0.1) is 0 Å². The van der Waals surface area contributed by atoms with Crippen molar-refractivity contribution in [3.63, 3.8) is 0 Å². The first-order valence-corrected chi connectivity index (χ1v) is 8.52. The van der Waals surface area contributed by atoms with Gasteiger partial charge in [0.1, 0.15) is 0 Å². The van der Waals surface area contributed by atoms with Crippen LogP contribution in [0.1, 0.15) is 76.2 Å². The monoisotopic (exact) mass is 296 g/mol. The number of hydrogen-bond donors (Lipinski definition) is 1. The average Bonchev–Trinajstić information content (AvgIpc) is 2.47. The molecule has 0 saturated carbocycles. The lowest BCUT2D eigenvalue weighted by Gasteiger charge is -2.14. The highest BCUT2D eigenvalue weighted by Crippen LogP contribution is 2.24. The summed E-state index contributed by atoms with van der Waals surface area (Å²) in [7, 11) is 0. The van der Waals surface area contributed by atoms with Crippen molar-refractivity contribution >= 4 is 11.6 Å². The van der Waals surface area contributed by atoms with E-state index in [0.29, 0.717) is 0 Å². The molecule has 0 heterocycles. The molecule has 0 saturated heterocycles. The molecule has 1 N–H and O–H groups in total. The molecule has 0 radical (unpaired) electrons. The summed E-state index contributed by atoms with van der Waals surface area (Å²) < 4.78 is 0. The van der Waals surface area contributed by atoms with Gasteiger partial charge in [0.05, 0.1) is 0 Å². The summed E-state index contributed by atoms with van der Waals surface area (Å²) in [5.41, 5.74) is 1.21. The Balaban J connectivity index is 2.14. The van der Waals surface area contributed by atoms with Crippen LogP contribution in [0.3, 0.4) is 0 Å². The number of halogens is 1. The van der Waals surface area contributed by atoms with Crippen molar-refractivity contribution in [2.45, 2.75) is 70.6 Å². The van der Waals surface area contributed by atoms with Gasteiger partial charge in [-0.25, -0.2) is 0 Å². The SMILES string of the molecule is CCCCCCCCCCC(CO)c1ccc(Cl)cc1. The molecule has 0 amide bonds. The number of rotatable bonds is 11. The van der Waals surface area contributed by atoms with Gasteiger partial charge in [-0.2, -0.15) is 0 Å². The van der Waals surface area contributed by atoms with Gasteiger partial charge in [-0.3, -0.25) is 0 Å². The summed E-state index contributed by atoms with van der Waals surface area (Å²) in [5.74, 6) is 0.271. The van der Waals surface area contributed by atoms with E-state index in [1.807, 2.05) is 24.3 Å². The van der Waals surface area contributed by atoms with Crippen LogP contribution < -0.4 is 0 Å². The molecular formula is C18H29ClO. The van der Waals surface area contributed by atoms with Gasteiger partial charge >= 0.3 is 0 Å². The molecule has 0 bridgehead atoms. The van der Waals surface area contributed by atoms with Crippen molar-refractivity contribution in [1.29, 1.82) is 0 Å². The fourth-order valence-corrected chi connectivity index (χ4v) is 2.75. The Bertz CT molecular complexity index is 334. The highest BCUT2D eigenvalue weighted by atomic mass is 35.5. The fraction of sp³-hybridized carbons (Fsp3) is 0.667. The molecule has 20 heavy (non-hydrogen) atoms. The predicted molar refractivity (Wildman–Crippen MR) is 88.5 cm³/mol. The standard InChI is InChI=1S/C18H29ClO/c1-2-3-4-5-6-7-8-9-10-17(15-20)16-11-13-18(19)14-12-16/h11-14,17,20H,2-10,15H2,1H3. The van der Waals surface area contributed by atoms with Crippen LogP contribution in [0.5, 0.6) is 0 Å². The Morgan fingerprint density at radius 3 is 2.00 bits per heavy atom. The third-order valence-corrected chi connectivity index (χ3v) is 4.22. The van der Waals surface area contributed by atoms with E-state index in [4.69, 9.17) is 11.6 Å². The van der Waals surface area contributed by atoms with Crippen molar-refractivity contribution < 1.29 is 5.11 Å². The second-order valence-electron chi connectivity index (χ2n) is 5.69. The van der Waals surface area contributed by atoms with Gasteiger partial charge in [0.25, 0.3) is 0 Å². The van der Waals surface area contributed by atoms with Crippen LogP contribution in [0.2, 0.25) is 5.02 Å². The van der Waals surface area contributed by atoms with Crippen molar-refractivity contribution in [3.8, 4) is 0 Å². The van der Waals surface area contributed by atoms with Crippen molar-refractivity contribution in [2.75, 3.05) is 6.61 Å². The van der Waals surface area contributed by atoms with E-state index >= 15 is 0 Å². The first-order valence-electron chi connectivity index (χ1n) is 8.14. The lowest BCUT2D eigenvalue weighted by molar-refractivity contribution is 0.256.